The number of benzene rings is 1. The van der Waals surface area contributed by atoms with E-state index in [1.54, 1.807) is 21.1 Å². The molecule has 0 bridgehead atoms. The van der Waals surface area contributed by atoms with Crippen LogP contribution in [0.4, 0.5) is 5.69 Å². The molecular formula is C13H19N5. The molecule has 0 unspecified atom stereocenters. The Morgan fingerprint density at radius 1 is 1.11 bits per heavy atom. The fraction of sp³-hybridized carbons (Fsp3) is 0.308. The van der Waals surface area contributed by atoms with E-state index in [9.17, 15) is 0 Å². The minimum Gasteiger partial charge on any atom is -0.382 e. The Balaban J connectivity index is 3.00. The Labute approximate surface area is 108 Å². The molecule has 0 saturated carbocycles. The van der Waals surface area contributed by atoms with Crippen LogP contribution in [0, 0.1) is 6.92 Å². The Kier molecular flexibility index (Phi) is 5.05. The summed E-state index contributed by atoms with van der Waals surface area (Å²) in [6.07, 6.45) is 0. The normalized spacial score (nSPS) is 13.7. The highest BCUT2D eigenvalue weighted by atomic mass is 15.0. The largest absolute Gasteiger partial charge is 0.382 e. The van der Waals surface area contributed by atoms with Gasteiger partial charge in [0, 0.05) is 26.8 Å². The van der Waals surface area contributed by atoms with E-state index in [2.05, 4.69) is 20.3 Å². The summed E-state index contributed by atoms with van der Waals surface area (Å²) < 4.78 is 0. The van der Waals surface area contributed by atoms with Crippen LogP contribution in [0.15, 0.2) is 39.2 Å². The van der Waals surface area contributed by atoms with Crippen molar-refractivity contribution in [2.75, 3.05) is 26.5 Å². The molecule has 0 aliphatic carbocycles. The van der Waals surface area contributed by atoms with E-state index < -0.39 is 0 Å². The lowest BCUT2D eigenvalue weighted by Crippen LogP contribution is -2.35. The smallest absolute Gasteiger partial charge is 0.154 e. The molecule has 18 heavy (non-hydrogen) atoms. The van der Waals surface area contributed by atoms with Crippen molar-refractivity contribution in [3.8, 4) is 0 Å². The third-order valence-corrected chi connectivity index (χ3v) is 2.44. The molecule has 0 amide bonds. The van der Waals surface area contributed by atoms with Gasteiger partial charge in [0.2, 0.25) is 0 Å². The number of aryl methyl sites for hydroxylation is 1. The van der Waals surface area contributed by atoms with Gasteiger partial charge in [-0.1, -0.05) is 12.1 Å². The van der Waals surface area contributed by atoms with Crippen molar-refractivity contribution in [3.05, 3.63) is 29.8 Å². The predicted molar refractivity (Wildman–Crippen MR) is 79.1 cm³/mol. The van der Waals surface area contributed by atoms with E-state index in [0.717, 1.165) is 5.69 Å². The van der Waals surface area contributed by atoms with E-state index in [0.29, 0.717) is 17.4 Å². The first-order valence-electron chi connectivity index (χ1n) is 5.62. The average Bonchev–Trinajstić information content (AvgIpc) is 2.38. The zero-order chi connectivity index (χ0) is 13.5. The average molecular weight is 245 g/mol. The van der Waals surface area contributed by atoms with E-state index in [1.807, 2.05) is 31.2 Å². The van der Waals surface area contributed by atoms with Crippen LogP contribution in [0.5, 0.6) is 0 Å². The zero-order valence-corrected chi connectivity index (χ0v) is 11.2. The van der Waals surface area contributed by atoms with Crippen LogP contribution < -0.4 is 11.1 Å². The number of rotatable bonds is 3. The van der Waals surface area contributed by atoms with Crippen LogP contribution in [-0.2, 0) is 0 Å². The predicted octanol–water partition coefficient (Wildman–Crippen LogP) is 1.49. The minimum absolute atomic E-state index is 0.359. The monoisotopic (exact) mass is 245 g/mol. The molecule has 1 aromatic carbocycles. The number of nitrogens with zero attached hydrogens (tertiary/aromatic N) is 3. The van der Waals surface area contributed by atoms with Gasteiger partial charge >= 0.3 is 0 Å². The van der Waals surface area contributed by atoms with E-state index >= 15 is 0 Å². The summed E-state index contributed by atoms with van der Waals surface area (Å²) in [5.41, 5.74) is 8.46. The molecule has 0 fully saturated rings. The molecule has 1 aromatic rings. The molecule has 0 radical (unpaired) electrons. The second-order valence-electron chi connectivity index (χ2n) is 3.75. The van der Waals surface area contributed by atoms with Gasteiger partial charge in [-0.25, -0.2) is 0 Å². The Bertz CT molecular complexity index is 500. The quantitative estimate of drug-likeness (QED) is 0.625. The second-order valence-corrected chi connectivity index (χ2v) is 3.75. The molecule has 0 heterocycles. The minimum atomic E-state index is 0.359. The lowest BCUT2D eigenvalue weighted by molar-refractivity contribution is 1.38. The molecule has 0 aliphatic heterocycles. The van der Waals surface area contributed by atoms with E-state index in [4.69, 9.17) is 5.73 Å². The highest BCUT2D eigenvalue weighted by molar-refractivity contribution is 6.69. The molecule has 0 saturated heterocycles. The second kappa shape index (κ2) is 6.54. The molecule has 3 N–H and O–H groups in total. The van der Waals surface area contributed by atoms with Crippen molar-refractivity contribution in [2.45, 2.75) is 6.92 Å². The van der Waals surface area contributed by atoms with Gasteiger partial charge in [0.05, 0.1) is 0 Å². The lowest BCUT2D eigenvalue weighted by atomic mass is 10.2. The molecule has 0 spiro atoms. The number of nitrogens with one attached hydrogen (secondary N) is 1. The molecule has 0 aliphatic rings. The van der Waals surface area contributed by atoms with Crippen molar-refractivity contribution in [1.82, 2.24) is 0 Å². The standard InChI is InChI=1S/C13H19N5/c1-9-6-5-7-10(8-9)18-13(17-4)11(15-2)12(14)16-3/h5-8H,1-4H3,(H2,14,16)(H,17,18). The Morgan fingerprint density at radius 2 is 1.83 bits per heavy atom. The van der Waals surface area contributed by atoms with Crippen LogP contribution in [0.25, 0.3) is 0 Å². The Hall–Kier alpha value is -2.17. The van der Waals surface area contributed by atoms with Crippen LogP contribution in [0.2, 0.25) is 0 Å². The highest BCUT2D eigenvalue weighted by Gasteiger charge is 2.11. The maximum absolute atomic E-state index is 5.79. The molecule has 0 aromatic heterocycles. The van der Waals surface area contributed by atoms with Gasteiger partial charge in [-0.05, 0) is 24.6 Å². The van der Waals surface area contributed by atoms with E-state index in [-0.39, 0.29) is 0 Å². The first-order valence-corrected chi connectivity index (χ1v) is 5.62. The number of hydrogen-bond donors (Lipinski definition) is 2. The van der Waals surface area contributed by atoms with Crippen molar-refractivity contribution < 1.29 is 0 Å². The lowest BCUT2D eigenvalue weighted by Gasteiger charge is -2.11. The molecule has 5 nitrogen and oxygen atoms in total. The third kappa shape index (κ3) is 3.41. The van der Waals surface area contributed by atoms with Gasteiger partial charge in [-0.3, -0.25) is 15.0 Å². The van der Waals surface area contributed by atoms with Gasteiger partial charge in [0.15, 0.2) is 5.84 Å². The van der Waals surface area contributed by atoms with E-state index in [1.165, 1.54) is 5.56 Å². The maximum Gasteiger partial charge on any atom is 0.154 e. The number of amidine groups is 2. The van der Waals surface area contributed by atoms with Crippen molar-refractivity contribution in [2.24, 2.45) is 20.7 Å². The molecule has 96 valence electrons. The van der Waals surface area contributed by atoms with Gasteiger partial charge < -0.3 is 11.1 Å². The molecule has 1 rings (SSSR count). The zero-order valence-electron chi connectivity index (χ0n) is 11.2. The van der Waals surface area contributed by atoms with Crippen molar-refractivity contribution in [1.29, 1.82) is 0 Å². The molecule has 0 atom stereocenters. The number of nitrogens with two attached hydrogens (primary N) is 1. The van der Waals surface area contributed by atoms with Gasteiger partial charge in [-0.2, -0.15) is 0 Å². The molecule has 5 heteroatoms. The topological polar surface area (TPSA) is 75.1 Å². The SMILES string of the molecule is CN=C(N)C(=NC)C(=NC)Nc1cccc(C)c1. The molecular weight excluding hydrogens is 226 g/mol. The third-order valence-electron chi connectivity index (χ3n) is 2.44. The summed E-state index contributed by atoms with van der Waals surface area (Å²) in [5, 5.41) is 3.19. The number of aliphatic imine (C=N–C) groups is 3. The fourth-order valence-corrected chi connectivity index (χ4v) is 1.53. The van der Waals surface area contributed by atoms with Gasteiger partial charge in [-0.15, -0.1) is 0 Å². The van der Waals surface area contributed by atoms with Crippen LogP contribution >= 0.6 is 0 Å². The van der Waals surface area contributed by atoms with Crippen LogP contribution in [0.3, 0.4) is 0 Å². The van der Waals surface area contributed by atoms with Crippen molar-refractivity contribution >= 4 is 23.1 Å². The number of hydrogen-bond acceptors (Lipinski definition) is 3. The Morgan fingerprint density at radius 3 is 2.33 bits per heavy atom. The first kappa shape index (κ1) is 13.9. The summed E-state index contributed by atoms with van der Waals surface area (Å²) in [5.74, 6) is 0.962. The fourth-order valence-electron chi connectivity index (χ4n) is 1.53. The summed E-state index contributed by atoms with van der Waals surface area (Å²) in [7, 11) is 4.98. The van der Waals surface area contributed by atoms with Crippen LogP contribution in [-0.4, -0.2) is 38.5 Å². The summed E-state index contributed by atoms with van der Waals surface area (Å²) in [4.78, 5) is 12.2. The highest BCUT2D eigenvalue weighted by Crippen LogP contribution is 2.09. The van der Waals surface area contributed by atoms with Crippen molar-refractivity contribution in [3.63, 3.8) is 0 Å². The maximum atomic E-state index is 5.79. The summed E-state index contributed by atoms with van der Waals surface area (Å²) in [6, 6.07) is 8.00. The number of anilines is 1. The van der Waals surface area contributed by atoms with Gasteiger partial charge in [0.25, 0.3) is 0 Å². The van der Waals surface area contributed by atoms with Crippen LogP contribution in [0.1, 0.15) is 5.56 Å². The summed E-state index contributed by atoms with van der Waals surface area (Å²) >= 11 is 0. The van der Waals surface area contributed by atoms with Gasteiger partial charge in [0.1, 0.15) is 11.5 Å². The summed E-state index contributed by atoms with van der Waals surface area (Å²) in [6.45, 7) is 2.03. The first-order chi connectivity index (χ1) is 8.62.